The summed E-state index contributed by atoms with van der Waals surface area (Å²) in [4.78, 5) is 51.9. The maximum atomic E-state index is 12.7. The van der Waals surface area contributed by atoms with E-state index in [4.69, 9.17) is 0 Å². The minimum absolute atomic E-state index is 0.00296. The number of hydrogen-bond acceptors (Lipinski definition) is 6. The lowest BCUT2D eigenvalue weighted by molar-refractivity contribution is -0.158. The molecule has 2 saturated heterocycles. The van der Waals surface area contributed by atoms with Crippen molar-refractivity contribution in [2.45, 2.75) is 50.6 Å². The van der Waals surface area contributed by atoms with Gasteiger partial charge in [-0.1, -0.05) is 6.92 Å². The summed E-state index contributed by atoms with van der Waals surface area (Å²) in [6.07, 6.45) is 0.606. The van der Waals surface area contributed by atoms with Gasteiger partial charge in [0.25, 0.3) is 0 Å². The summed E-state index contributed by atoms with van der Waals surface area (Å²) in [5.41, 5.74) is 0.0474. The smallest absolute Gasteiger partial charge is 0.353 e. The second-order valence-electron chi connectivity index (χ2n) is 8.19. The van der Waals surface area contributed by atoms with Gasteiger partial charge in [0.05, 0.1) is 18.0 Å². The molecule has 3 aliphatic rings. The average molecular weight is 425 g/mol. The molecule has 6 atom stereocenters. The molecule has 0 spiro atoms. The van der Waals surface area contributed by atoms with Crippen LogP contribution in [0.1, 0.15) is 27.2 Å². The van der Waals surface area contributed by atoms with E-state index in [1.807, 2.05) is 6.92 Å². The molecule has 0 saturated carbocycles. The van der Waals surface area contributed by atoms with Crippen LogP contribution in [0.3, 0.4) is 0 Å². The van der Waals surface area contributed by atoms with Gasteiger partial charge in [-0.25, -0.2) is 4.79 Å². The van der Waals surface area contributed by atoms with Crippen LogP contribution in [0.15, 0.2) is 10.6 Å². The van der Waals surface area contributed by atoms with Crippen LogP contribution in [-0.2, 0) is 19.2 Å². The third-order valence-corrected chi connectivity index (χ3v) is 7.40. The Morgan fingerprint density at radius 3 is 2.55 bits per heavy atom. The number of carbonyl (C=O) groups excluding carboxylic acids is 3. The van der Waals surface area contributed by atoms with Gasteiger partial charge in [-0.15, -0.1) is 11.8 Å². The molecule has 3 heterocycles. The van der Waals surface area contributed by atoms with Gasteiger partial charge in [0, 0.05) is 49.7 Å². The van der Waals surface area contributed by atoms with Crippen LogP contribution in [0.2, 0.25) is 0 Å². The number of hydrogen-bond donors (Lipinski definition) is 3. The third-order valence-electron chi connectivity index (χ3n) is 5.88. The molecule has 0 bridgehead atoms. The van der Waals surface area contributed by atoms with E-state index in [0.717, 1.165) is 0 Å². The highest BCUT2D eigenvalue weighted by molar-refractivity contribution is 8.03. The fraction of sp³-hybridized carbons (Fsp3) is 0.684. The van der Waals surface area contributed by atoms with Gasteiger partial charge in [-0.3, -0.25) is 14.4 Å². The second kappa shape index (κ2) is 7.98. The minimum atomic E-state index is -1.12. The number of β-lactam (4-membered cyclic amide) rings is 1. The zero-order valence-electron chi connectivity index (χ0n) is 17.3. The summed E-state index contributed by atoms with van der Waals surface area (Å²) in [6.45, 7) is 5.71. The summed E-state index contributed by atoms with van der Waals surface area (Å²) in [5, 5.41) is 15.8. The molecule has 10 heteroatoms. The molecule has 9 nitrogen and oxygen atoms in total. The van der Waals surface area contributed by atoms with Crippen molar-refractivity contribution in [2.24, 2.45) is 11.8 Å². The molecule has 0 aromatic heterocycles. The molecule has 0 radical (unpaired) electrons. The lowest BCUT2D eigenvalue weighted by Gasteiger charge is -2.47. The zero-order valence-corrected chi connectivity index (χ0v) is 18.1. The summed E-state index contributed by atoms with van der Waals surface area (Å²) >= 11 is 1.45. The van der Waals surface area contributed by atoms with Crippen molar-refractivity contribution in [3.63, 3.8) is 0 Å². The molecule has 0 unspecified atom stereocenters. The number of nitrogens with one attached hydrogen (secondary N) is 2. The van der Waals surface area contributed by atoms with Crippen LogP contribution < -0.4 is 10.6 Å². The Kier molecular flexibility index (Phi) is 5.96. The maximum Gasteiger partial charge on any atom is 0.353 e. The van der Waals surface area contributed by atoms with Crippen LogP contribution in [-0.4, -0.2) is 82.6 Å². The molecule has 29 heavy (non-hydrogen) atoms. The summed E-state index contributed by atoms with van der Waals surface area (Å²) in [6, 6.07) is -0.913. The van der Waals surface area contributed by atoms with E-state index in [1.165, 1.54) is 23.6 Å². The first kappa shape index (κ1) is 21.6. The Morgan fingerprint density at radius 1 is 1.34 bits per heavy atom. The van der Waals surface area contributed by atoms with Gasteiger partial charge in [0.2, 0.25) is 17.7 Å². The average Bonchev–Trinajstić information content (AvgIpc) is 3.16. The van der Waals surface area contributed by atoms with Crippen molar-refractivity contribution in [3.8, 4) is 0 Å². The van der Waals surface area contributed by atoms with E-state index in [0.29, 0.717) is 17.9 Å². The fourth-order valence-corrected chi connectivity index (χ4v) is 6.06. The van der Waals surface area contributed by atoms with Gasteiger partial charge >= 0.3 is 5.97 Å². The number of likely N-dealkylation sites (N-methyl/N-ethyl adjacent to an activating group) is 1. The highest BCUT2D eigenvalue weighted by atomic mass is 32.2. The molecule has 3 rings (SSSR count). The number of carbonyl (C=O) groups is 4. The molecule has 3 aliphatic heterocycles. The van der Waals surface area contributed by atoms with Crippen molar-refractivity contribution < 1.29 is 24.3 Å². The number of rotatable bonds is 6. The number of aliphatic carboxylic acids is 1. The van der Waals surface area contributed by atoms with E-state index in [9.17, 15) is 24.3 Å². The van der Waals surface area contributed by atoms with Gasteiger partial charge < -0.3 is 25.5 Å². The molecule has 0 aromatic rings. The number of carboxylic acid groups (broad SMARTS) is 1. The van der Waals surface area contributed by atoms with Gasteiger partial charge in [0.15, 0.2) is 0 Å². The molecular weight excluding hydrogens is 396 g/mol. The van der Waals surface area contributed by atoms with E-state index < -0.39 is 11.9 Å². The van der Waals surface area contributed by atoms with Crippen molar-refractivity contribution in [3.05, 3.63) is 10.6 Å². The van der Waals surface area contributed by atoms with Crippen LogP contribution >= 0.6 is 11.8 Å². The largest absolute Gasteiger partial charge is 0.477 e. The molecular formula is C19H28N4O5S. The highest BCUT2D eigenvalue weighted by Crippen LogP contribution is 2.51. The Morgan fingerprint density at radius 2 is 2.00 bits per heavy atom. The first-order valence-electron chi connectivity index (χ1n) is 9.73. The van der Waals surface area contributed by atoms with E-state index in [1.54, 1.807) is 25.9 Å². The Balaban J connectivity index is 1.77. The quantitative estimate of drug-likeness (QED) is 0.507. The molecule has 0 aliphatic carbocycles. The zero-order chi connectivity index (χ0) is 21.6. The van der Waals surface area contributed by atoms with Gasteiger partial charge in [-0.05, 0) is 13.3 Å². The maximum absolute atomic E-state index is 12.7. The first-order chi connectivity index (χ1) is 13.5. The van der Waals surface area contributed by atoms with E-state index in [-0.39, 0.29) is 52.7 Å². The van der Waals surface area contributed by atoms with Crippen LogP contribution in [0.4, 0.5) is 0 Å². The molecule has 3 N–H and O–H groups in total. The molecule has 160 valence electrons. The molecule has 0 aromatic carbocycles. The fourth-order valence-electron chi connectivity index (χ4n) is 4.58. The van der Waals surface area contributed by atoms with E-state index in [2.05, 4.69) is 10.6 Å². The van der Waals surface area contributed by atoms with Crippen LogP contribution in [0.25, 0.3) is 0 Å². The Hall–Kier alpha value is -2.07. The second-order valence-corrected chi connectivity index (χ2v) is 9.53. The number of amides is 3. The topological polar surface area (TPSA) is 119 Å². The van der Waals surface area contributed by atoms with Gasteiger partial charge in [-0.2, -0.15) is 0 Å². The summed E-state index contributed by atoms with van der Waals surface area (Å²) < 4.78 is 0. The first-order valence-corrected chi connectivity index (χ1v) is 10.6. The lowest BCUT2D eigenvalue weighted by Crippen LogP contribution is -2.66. The van der Waals surface area contributed by atoms with Crippen LogP contribution in [0.5, 0.6) is 0 Å². The third kappa shape index (κ3) is 3.75. The normalized spacial score (nSPS) is 32.0. The number of thioether (sulfide) groups is 1. The minimum Gasteiger partial charge on any atom is -0.477 e. The monoisotopic (exact) mass is 424 g/mol. The molecule has 3 amide bonds. The predicted octanol–water partition coefficient (Wildman–Crippen LogP) is -0.164. The lowest BCUT2D eigenvalue weighted by atomic mass is 9.78. The van der Waals surface area contributed by atoms with Crippen molar-refractivity contribution in [2.75, 3.05) is 20.6 Å². The number of carboxylic acids is 1. The standard InChI is InChI=1S/C19H28N4O5S/c1-8-14-13(9(2)21-10(3)24)18(26)23(14)15(19(27)28)16(8)29-11-6-12(20-7-11)17(25)22(4)5/h8-9,11-14,20H,6-7H2,1-5H3,(H,21,24)(H,27,28)/t8-,9+,11-,12-,13+,14+/m0/s1. The Bertz CT molecular complexity index is 783. The predicted molar refractivity (Wildman–Crippen MR) is 108 cm³/mol. The molecule has 2 fully saturated rings. The van der Waals surface area contributed by atoms with Gasteiger partial charge in [0.1, 0.15) is 5.70 Å². The van der Waals surface area contributed by atoms with Crippen molar-refractivity contribution >= 4 is 35.5 Å². The van der Waals surface area contributed by atoms with Crippen LogP contribution in [0, 0.1) is 11.8 Å². The Labute approximate surface area is 174 Å². The highest BCUT2D eigenvalue weighted by Gasteiger charge is 2.60. The summed E-state index contributed by atoms with van der Waals surface area (Å²) in [5.74, 6) is -2.18. The number of nitrogens with zero attached hydrogens (tertiary/aromatic N) is 2. The van der Waals surface area contributed by atoms with Crippen molar-refractivity contribution in [1.82, 2.24) is 20.4 Å². The number of fused-ring (bicyclic) bond motifs is 1. The summed E-state index contributed by atoms with van der Waals surface area (Å²) in [7, 11) is 3.42. The SMILES string of the molecule is CC(=O)N[C@H](C)[C@H]1C(=O)N2C(C(=O)O)=C(S[C@@H]3CN[C@H](C(=O)N(C)C)C3)[C@@H](C)[C@H]12. The van der Waals surface area contributed by atoms with Crippen molar-refractivity contribution in [1.29, 1.82) is 0 Å². The van der Waals surface area contributed by atoms with E-state index >= 15 is 0 Å².